The number of H-pyrrole nitrogens is 1. The molecule has 1 aliphatic rings. The maximum Gasteiger partial charge on any atom is 0.257 e. The van der Waals surface area contributed by atoms with Crippen LogP contribution in [0.4, 0.5) is 0 Å². The van der Waals surface area contributed by atoms with Crippen LogP contribution in [0.1, 0.15) is 59.6 Å². The molecule has 3 aromatic rings. The van der Waals surface area contributed by atoms with Gasteiger partial charge in [-0.2, -0.15) is 5.10 Å². The minimum Gasteiger partial charge on any atom is -0.337 e. The van der Waals surface area contributed by atoms with E-state index in [0.717, 1.165) is 24.1 Å². The Morgan fingerprint density at radius 2 is 2.04 bits per heavy atom. The van der Waals surface area contributed by atoms with Gasteiger partial charge in [-0.3, -0.25) is 9.89 Å². The van der Waals surface area contributed by atoms with Gasteiger partial charge in [-0.1, -0.05) is 25.3 Å². The smallest absolute Gasteiger partial charge is 0.257 e. The highest BCUT2D eigenvalue weighted by molar-refractivity contribution is 5.95. The maximum absolute atomic E-state index is 12.9. The molecule has 1 aromatic carbocycles. The van der Waals surface area contributed by atoms with Crippen molar-refractivity contribution in [3.8, 4) is 0 Å². The Bertz CT molecular complexity index is 878. The molecule has 4 rings (SSSR count). The fraction of sp³-hybridized carbons (Fsp3) is 0.444. The summed E-state index contributed by atoms with van der Waals surface area (Å²) in [5.41, 5.74) is 4.09. The van der Waals surface area contributed by atoms with Gasteiger partial charge in [0.25, 0.3) is 5.91 Å². The summed E-state index contributed by atoms with van der Waals surface area (Å²) in [6.45, 7) is 0.497. The van der Waals surface area contributed by atoms with E-state index in [2.05, 4.69) is 20.5 Å². The third-order valence-electron chi connectivity index (χ3n) is 5.00. The lowest BCUT2D eigenvalue weighted by Crippen LogP contribution is -2.27. The maximum atomic E-state index is 12.9. The summed E-state index contributed by atoms with van der Waals surface area (Å²) >= 11 is 0. The highest BCUT2D eigenvalue weighted by atomic mass is 16.6. The zero-order valence-corrected chi connectivity index (χ0v) is 14.2. The number of hydrogen-bond donors (Lipinski definition) is 1. The summed E-state index contributed by atoms with van der Waals surface area (Å²) in [6, 6.07) is 5.69. The van der Waals surface area contributed by atoms with Crippen molar-refractivity contribution in [1.82, 2.24) is 25.4 Å². The van der Waals surface area contributed by atoms with Gasteiger partial charge >= 0.3 is 0 Å². The second kappa shape index (κ2) is 6.66. The molecule has 2 heterocycles. The molecule has 2 aromatic heterocycles. The van der Waals surface area contributed by atoms with E-state index in [9.17, 15) is 4.79 Å². The van der Waals surface area contributed by atoms with E-state index in [-0.39, 0.29) is 5.91 Å². The van der Waals surface area contributed by atoms with Crippen molar-refractivity contribution >= 4 is 16.9 Å². The normalized spacial score (nSPS) is 15.6. The number of fused-ring (bicyclic) bond motifs is 1. The fourth-order valence-corrected chi connectivity index (χ4v) is 3.65. The Hall–Kier alpha value is -2.70. The second-order valence-electron chi connectivity index (χ2n) is 6.78. The monoisotopic (exact) mass is 339 g/mol. The number of benzene rings is 1. The Balaban J connectivity index is 1.51. The Morgan fingerprint density at radius 1 is 1.24 bits per heavy atom. The summed E-state index contributed by atoms with van der Waals surface area (Å²) in [4.78, 5) is 14.6. The molecule has 0 saturated heterocycles. The summed E-state index contributed by atoms with van der Waals surface area (Å²) in [6.07, 6.45) is 7.64. The second-order valence-corrected chi connectivity index (χ2v) is 6.78. The molecule has 0 spiro atoms. The first-order chi connectivity index (χ1) is 12.2. The van der Waals surface area contributed by atoms with E-state index in [4.69, 9.17) is 4.63 Å². The molecular formula is C18H21N5O2. The summed E-state index contributed by atoms with van der Waals surface area (Å²) in [5, 5.41) is 14.9. The van der Waals surface area contributed by atoms with Crippen LogP contribution in [0.2, 0.25) is 0 Å². The van der Waals surface area contributed by atoms with Gasteiger partial charge in [0.1, 0.15) is 11.0 Å². The van der Waals surface area contributed by atoms with E-state index in [1.807, 2.05) is 25.2 Å². The minimum atomic E-state index is -0.00676. The molecule has 0 bridgehead atoms. The molecular weight excluding hydrogens is 318 g/mol. The van der Waals surface area contributed by atoms with Crippen molar-refractivity contribution in [2.24, 2.45) is 0 Å². The number of aromatic nitrogens is 4. The number of carbonyl (C=O) groups excluding carboxylic acids is 1. The Morgan fingerprint density at radius 3 is 2.88 bits per heavy atom. The largest absolute Gasteiger partial charge is 0.337 e. The van der Waals surface area contributed by atoms with Gasteiger partial charge in [-0.05, 0) is 40.9 Å². The predicted molar refractivity (Wildman–Crippen MR) is 92.0 cm³/mol. The standard InChI is InChI=1S/C18H21N5O2/c1-23(11-12-7-8-15-16(9-12)22-25-21-15)18(24)14-10-19-20-17(14)13-5-3-2-4-6-13/h7-10,13H,2-6,11H2,1H3,(H,19,20). The van der Waals surface area contributed by atoms with Gasteiger partial charge in [-0.15, -0.1) is 0 Å². The van der Waals surface area contributed by atoms with Gasteiger partial charge in [0.2, 0.25) is 0 Å². The average molecular weight is 339 g/mol. The van der Waals surface area contributed by atoms with Gasteiger partial charge in [0.05, 0.1) is 17.5 Å². The zero-order chi connectivity index (χ0) is 17.2. The van der Waals surface area contributed by atoms with Crippen molar-refractivity contribution in [2.75, 3.05) is 7.05 Å². The van der Waals surface area contributed by atoms with Crippen LogP contribution in [0.3, 0.4) is 0 Å². The molecule has 0 atom stereocenters. The van der Waals surface area contributed by atoms with Crippen molar-refractivity contribution in [3.05, 3.63) is 41.2 Å². The molecule has 0 radical (unpaired) electrons. The van der Waals surface area contributed by atoms with Crippen molar-refractivity contribution in [1.29, 1.82) is 0 Å². The number of nitrogens with one attached hydrogen (secondary N) is 1. The number of nitrogens with zero attached hydrogens (tertiary/aromatic N) is 4. The highest BCUT2D eigenvalue weighted by Gasteiger charge is 2.25. The molecule has 7 heteroatoms. The Kier molecular flexibility index (Phi) is 4.21. The van der Waals surface area contributed by atoms with E-state index >= 15 is 0 Å². The van der Waals surface area contributed by atoms with Crippen LogP contribution in [0.25, 0.3) is 11.0 Å². The SMILES string of the molecule is CN(Cc1ccc2nonc2c1)C(=O)c1cn[nH]c1C1CCCCC1. The van der Waals surface area contributed by atoms with Crippen molar-refractivity contribution < 1.29 is 9.42 Å². The van der Waals surface area contributed by atoms with Gasteiger partial charge in [0, 0.05) is 19.5 Å². The molecule has 1 N–H and O–H groups in total. The van der Waals surface area contributed by atoms with Crippen molar-refractivity contribution in [3.63, 3.8) is 0 Å². The zero-order valence-electron chi connectivity index (χ0n) is 14.2. The number of rotatable bonds is 4. The lowest BCUT2D eigenvalue weighted by Gasteiger charge is -2.23. The predicted octanol–water partition coefficient (Wildman–Crippen LogP) is 3.27. The number of hydrogen-bond acceptors (Lipinski definition) is 5. The lowest BCUT2D eigenvalue weighted by molar-refractivity contribution is 0.0783. The molecule has 0 unspecified atom stereocenters. The third-order valence-corrected chi connectivity index (χ3v) is 5.00. The first-order valence-corrected chi connectivity index (χ1v) is 8.72. The van der Waals surface area contributed by atoms with Gasteiger partial charge < -0.3 is 4.90 Å². The van der Waals surface area contributed by atoms with E-state index in [0.29, 0.717) is 29.1 Å². The van der Waals surface area contributed by atoms with Crippen LogP contribution in [0, 0.1) is 0 Å². The minimum absolute atomic E-state index is 0.00676. The average Bonchev–Trinajstić information content (AvgIpc) is 3.30. The lowest BCUT2D eigenvalue weighted by atomic mass is 9.85. The topological polar surface area (TPSA) is 87.9 Å². The van der Waals surface area contributed by atoms with Crippen LogP contribution in [-0.4, -0.2) is 38.4 Å². The summed E-state index contributed by atoms with van der Waals surface area (Å²) in [5.74, 6) is 0.411. The van der Waals surface area contributed by atoms with E-state index in [1.165, 1.54) is 19.3 Å². The third kappa shape index (κ3) is 3.14. The first kappa shape index (κ1) is 15.8. The molecule has 1 amide bonds. The van der Waals surface area contributed by atoms with Crippen molar-refractivity contribution in [2.45, 2.75) is 44.6 Å². The summed E-state index contributed by atoms with van der Waals surface area (Å²) in [7, 11) is 1.81. The molecule has 0 aliphatic heterocycles. The molecule has 1 fully saturated rings. The van der Waals surface area contributed by atoms with Crippen LogP contribution < -0.4 is 0 Å². The van der Waals surface area contributed by atoms with E-state index < -0.39 is 0 Å². The molecule has 1 saturated carbocycles. The quantitative estimate of drug-likeness (QED) is 0.788. The number of aromatic amines is 1. The first-order valence-electron chi connectivity index (χ1n) is 8.72. The Labute approximate surface area is 145 Å². The van der Waals surface area contributed by atoms with E-state index in [1.54, 1.807) is 11.1 Å². The van der Waals surface area contributed by atoms with Gasteiger partial charge in [-0.25, -0.2) is 4.63 Å². The van der Waals surface area contributed by atoms with Crippen LogP contribution in [0.5, 0.6) is 0 Å². The van der Waals surface area contributed by atoms with Crippen LogP contribution in [-0.2, 0) is 6.54 Å². The number of amides is 1. The van der Waals surface area contributed by atoms with Gasteiger partial charge in [0.15, 0.2) is 0 Å². The van der Waals surface area contributed by atoms with Crippen LogP contribution in [0.15, 0.2) is 29.0 Å². The molecule has 7 nitrogen and oxygen atoms in total. The molecule has 1 aliphatic carbocycles. The fourth-order valence-electron chi connectivity index (χ4n) is 3.65. The molecule has 25 heavy (non-hydrogen) atoms. The number of carbonyl (C=O) groups is 1. The summed E-state index contributed by atoms with van der Waals surface area (Å²) < 4.78 is 4.72. The van der Waals surface area contributed by atoms with Crippen LogP contribution >= 0.6 is 0 Å². The molecule has 130 valence electrons. The highest BCUT2D eigenvalue weighted by Crippen LogP contribution is 2.33.